The zero-order chi connectivity index (χ0) is 13.4. The molecule has 0 atom stereocenters. The number of nitrogens with zero attached hydrogens (tertiary/aromatic N) is 4. The second-order valence-electron chi connectivity index (χ2n) is 4.66. The summed E-state index contributed by atoms with van der Waals surface area (Å²) in [6, 6.07) is 3.34. The number of rotatable bonds is 2. The summed E-state index contributed by atoms with van der Waals surface area (Å²) in [7, 11) is 0. The Morgan fingerprint density at radius 1 is 1.26 bits per heavy atom. The molecule has 3 rings (SSSR count). The van der Waals surface area contributed by atoms with Gasteiger partial charge in [-0.1, -0.05) is 0 Å². The van der Waals surface area contributed by atoms with Gasteiger partial charge in [-0.2, -0.15) is 4.98 Å². The lowest BCUT2D eigenvalue weighted by Gasteiger charge is -2.28. The average molecular weight is 261 g/mol. The first kappa shape index (κ1) is 11.8. The second-order valence-corrected chi connectivity index (χ2v) is 4.66. The van der Waals surface area contributed by atoms with E-state index in [0.29, 0.717) is 5.65 Å². The molecule has 0 aliphatic carbocycles. The predicted octanol–water partition coefficient (Wildman–Crippen LogP) is 1.000. The Morgan fingerprint density at radius 2 is 2.00 bits per heavy atom. The molecule has 1 aliphatic heterocycles. The minimum absolute atomic E-state index is 0.0694. The number of piperidine rings is 1. The quantitative estimate of drug-likeness (QED) is 0.837. The largest absolute Gasteiger partial charge is 0.477 e. The van der Waals surface area contributed by atoms with E-state index in [4.69, 9.17) is 10.8 Å². The number of aromatic nitrogens is 3. The van der Waals surface area contributed by atoms with Crippen molar-refractivity contribution in [3.8, 4) is 0 Å². The number of carboxylic acid groups (broad SMARTS) is 1. The van der Waals surface area contributed by atoms with Crippen LogP contribution in [0, 0.1) is 0 Å². The molecule has 0 amide bonds. The first-order chi connectivity index (χ1) is 9.16. The highest BCUT2D eigenvalue weighted by Crippen LogP contribution is 2.25. The number of hydrogen-bond donors (Lipinski definition) is 2. The summed E-state index contributed by atoms with van der Waals surface area (Å²) in [6.07, 6.45) is 3.50. The van der Waals surface area contributed by atoms with E-state index >= 15 is 0 Å². The highest BCUT2D eigenvalue weighted by Gasteiger charge is 2.19. The molecule has 100 valence electrons. The molecular formula is C12H15N5O2. The second kappa shape index (κ2) is 4.42. The standard InChI is InChI=1S/C12H15N5O2/c13-12-14-10-8(16-6-2-1-3-7-16)4-5-9(11(18)19)17(10)15-12/h4-5H,1-3,6-7H2,(H2,13,15)(H,18,19). The number of carbonyl (C=O) groups is 1. The Hall–Kier alpha value is -2.31. The van der Waals surface area contributed by atoms with Crippen LogP contribution in [0.25, 0.3) is 5.65 Å². The van der Waals surface area contributed by atoms with Gasteiger partial charge in [-0.25, -0.2) is 9.31 Å². The van der Waals surface area contributed by atoms with Crippen LogP contribution in [-0.2, 0) is 0 Å². The van der Waals surface area contributed by atoms with Crippen molar-refractivity contribution in [2.24, 2.45) is 0 Å². The maximum atomic E-state index is 11.2. The molecule has 0 spiro atoms. The van der Waals surface area contributed by atoms with Crippen LogP contribution >= 0.6 is 0 Å². The van der Waals surface area contributed by atoms with Crippen molar-refractivity contribution in [2.45, 2.75) is 19.3 Å². The number of hydrogen-bond acceptors (Lipinski definition) is 5. The molecule has 2 aromatic rings. The van der Waals surface area contributed by atoms with Gasteiger partial charge in [0.05, 0.1) is 5.69 Å². The van der Waals surface area contributed by atoms with E-state index in [0.717, 1.165) is 31.6 Å². The molecule has 3 heterocycles. The van der Waals surface area contributed by atoms with Gasteiger partial charge in [0.15, 0.2) is 11.3 Å². The summed E-state index contributed by atoms with van der Waals surface area (Å²) in [5.41, 5.74) is 7.08. The highest BCUT2D eigenvalue weighted by atomic mass is 16.4. The summed E-state index contributed by atoms with van der Waals surface area (Å²) in [5, 5.41) is 13.1. The smallest absolute Gasteiger partial charge is 0.354 e. The Bertz CT molecular complexity index is 630. The van der Waals surface area contributed by atoms with Crippen molar-refractivity contribution in [1.82, 2.24) is 14.6 Å². The Balaban J connectivity index is 2.15. The zero-order valence-corrected chi connectivity index (χ0v) is 10.4. The van der Waals surface area contributed by atoms with E-state index in [9.17, 15) is 4.79 Å². The van der Waals surface area contributed by atoms with E-state index < -0.39 is 5.97 Å². The minimum Gasteiger partial charge on any atom is -0.477 e. The summed E-state index contributed by atoms with van der Waals surface area (Å²) in [4.78, 5) is 17.5. The minimum atomic E-state index is -1.04. The Morgan fingerprint density at radius 3 is 2.68 bits per heavy atom. The third-order valence-corrected chi connectivity index (χ3v) is 3.40. The van der Waals surface area contributed by atoms with E-state index in [2.05, 4.69) is 15.0 Å². The van der Waals surface area contributed by atoms with Gasteiger partial charge in [0.2, 0.25) is 5.95 Å². The predicted molar refractivity (Wildman–Crippen MR) is 70.4 cm³/mol. The number of aromatic carboxylic acids is 1. The van der Waals surface area contributed by atoms with Gasteiger partial charge < -0.3 is 15.7 Å². The molecule has 7 heteroatoms. The summed E-state index contributed by atoms with van der Waals surface area (Å²) in [6.45, 7) is 1.91. The van der Waals surface area contributed by atoms with Crippen molar-refractivity contribution in [2.75, 3.05) is 23.7 Å². The van der Waals surface area contributed by atoms with Gasteiger partial charge in [-0.05, 0) is 31.4 Å². The number of anilines is 2. The first-order valence-electron chi connectivity index (χ1n) is 6.30. The van der Waals surface area contributed by atoms with Crippen LogP contribution in [0.15, 0.2) is 12.1 Å². The molecule has 1 aliphatic rings. The fraction of sp³-hybridized carbons (Fsp3) is 0.417. The lowest BCUT2D eigenvalue weighted by Crippen LogP contribution is -2.30. The van der Waals surface area contributed by atoms with Gasteiger partial charge in [0.25, 0.3) is 0 Å². The average Bonchev–Trinajstić information content (AvgIpc) is 2.79. The van der Waals surface area contributed by atoms with Crippen molar-refractivity contribution >= 4 is 23.3 Å². The molecule has 0 saturated carbocycles. The fourth-order valence-corrected chi connectivity index (χ4v) is 2.51. The van der Waals surface area contributed by atoms with Crippen LogP contribution in [0.4, 0.5) is 11.6 Å². The molecule has 2 aromatic heterocycles. The topological polar surface area (TPSA) is 96.8 Å². The van der Waals surface area contributed by atoms with Crippen LogP contribution in [-0.4, -0.2) is 38.8 Å². The lowest BCUT2D eigenvalue weighted by molar-refractivity contribution is 0.0687. The molecule has 0 bridgehead atoms. The van der Waals surface area contributed by atoms with Gasteiger partial charge in [0.1, 0.15) is 0 Å². The number of nitrogens with two attached hydrogens (primary N) is 1. The van der Waals surface area contributed by atoms with E-state index in [-0.39, 0.29) is 11.6 Å². The van der Waals surface area contributed by atoms with Crippen molar-refractivity contribution in [1.29, 1.82) is 0 Å². The van der Waals surface area contributed by atoms with Gasteiger partial charge in [-0.15, -0.1) is 5.10 Å². The molecule has 1 fully saturated rings. The van der Waals surface area contributed by atoms with Gasteiger partial charge in [0, 0.05) is 13.1 Å². The van der Waals surface area contributed by atoms with Crippen LogP contribution < -0.4 is 10.6 Å². The lowest BCUT2D eigenvalue weighted by atomic mass is 10.1. The SMILES string of the molecule is Nc1nc2c(N3CCCCC3)ccc(C(=O)O)n2n1. The molecule has 7 nitrogen and oxygen atoms in total. The molecule has 19 heavy (non-hydrogen) atoms. The maximum Gasteiger partial charge on any atom is 0.354 e. The first-order valence-corrected chi connectivity index (χ1v) is 6.30. The molecular weight excluding hydrogens is 246 g/mol. The molecule has 1 saturated heterocycles. The maximum absolute atomic E-state index is 11.2. The van der Waals surface area contributed by atoms with E-state index in [1.165, 1.54) is 10.9 Å². The fourth-order valence-electron chi connectivity index (χ4n) is 2.51. The molecule has 0 aromatic carbocycles. The normalized spacial score (nSPS) is 15.9. The van der Waals surface area contributed by atoms with Crippen molar-refractivity contribution in [3.63, 3.8) is 0 Å². The number of nitrogen functional groups attached to an aromatic ring is 1. The third-order valence-electron chi connectivity index (χ3n) is 3.40. The molecule has 0 unspecified atom stereocenters. The summed E-state index contributed by atoms with van der Waals surface area (Å²) < 4.78 is 1.31. The number of carboxylic acids is 1. The summed E-state index contributed by atoms with van der Waals surface area (Å²) >= 11 is 0. The van der Waals surface area contributed by atoms with Crippen molar-refractivity contribution in [3.05, 3.63) is 17.8 Å². The van der Waals surface area contributed by atoms with Crippen molar-refractivity contribution < 1.29 is 9.90 Å². The highest BCUT2D eigenvalue weighted by molar-refractivity contribution is 5.88. The van der Waals surface area contributed by atoms with Crippen LogP contribution in [0.2, 0.25) is 0 Å². The Labute approximate surface area is 109 Å². The van der Waals surface area contributed by atoms with Crippen LogP contribution in [0.1, 0.15) is 29.8 Å². The van der Waals surface area contributed by atoms with Gasteiger partial charge in [-0.3, -0.25) is 0 Å². The van der Waals surface area contributed by atoms with Crippen LogP contribution in [0.5, 0.6) is 0 Å². The van der Waals surface area contributed by atoms with Gasteiger partial charge >= 0.3 is 5.97 Å². The van der Waals surface area contributed by atoms with Crippen LogP contribution in [0.3, 0.4) is 0 Å². The Kier molecular flexibility index (Phi) is 2.73. The van der Waals surface area contributed by atoms with E-state index in [1.54, 1.807) is 12.1 Å². The number of pyridine rings is 1. The molecule has 0 radical (unpaired) electrons. The zero-order valence-electron chi connectivity index (χ0n) is 10.4. The molecule has 3 N–H and O–H groups in total. The monoisotopic (exact) mass is 261 g/mol. The summed E-state index contributed by atoms with van der Waals surface area (Å²) in [5.74, 6) is -0.952. The van der Waals surface area contributed by atoms with E-state index in [1.807, 2.05) is 0 Å². The number of fused-ring (bicyclic) bond motifs is 1. The third kappa shape index (κ3) is 1.96.